The highest BCUT2D eigenvalue weighted by Crippen LogP contribution is 2.27. The molecule has 0 amide bonds. The Labute approximate surface area is 164 Å². The number of benzene rings is 1. The van der Waals surface area contributed by atoms with Gasteiger partial charge >= 0.3 is 0 Å². The molecule has 0 saturated heterocycles. The number of thioether (sulfide) groups is 1. The van der Waals surface area contributed by atoms with E-state index in [9.17, 15) is 0 Å². The molecular formula is C18H15ClN6OS. The van der Waals surface area contributed by atoms with Crippen LogP contribution < -0.4 is 0 Å². The maximum Gasteiger partial charge on any atom is 0.247 e. The minimum atomic E-state index is 0.468. The first-order chi connectivity index (χ1) is 13.2. The fourth-order valence-electron chi connectivity index (χ4n) is 2.54. The Morgan fingerprint density at radius 1 is 1.04 bits per heavy atom. The van der Waals surface area contributed by atoms with E-state index >= 15 is 0 Å². The quantitative estimate of drug-likeness (QED) is 0.446. The molecule has 3 aromatic heterocycles. The zero-order chi connectivity index (χ0) is 18.6. The molecule has 3 heterocycles. The van der Waals surface area contributed by atoms with Gasteiger partial charge in [-0.1, -0.05) is 23.4 Å². The maximum absolute atomic E-state index is 5.91. The minimum absolute atomic E-state index is 0.468. The van der Waals surface area contributed by atoms with Crippen molar-refractivity contribution in [1.82, 2.24) is 29.9 Å². The largest absolute Gasteiger partial charge is 0.420 e. The first kappa shape index (κ1) is 17.7. The summed E-state index contributed by atoms with van der Waals surface area (Å²) in [6, 6.07) is 11.1. The van der Waals surface area contributed by atoms with E-state index < -0.39 is 0 Å². The van der Waals surface area contributed by atoms with E-state index in [4.69, 9.17) is 16.0 Å². The molecular weight excluding hydrogens is 384 g/mol. The zero-order valence-corrected chi connectivity index (χ0v) is 16.0. The predicted octanol–water partition coefficient (Wildman–Crippen LogP) is 4.36. The van der Waals surface area contributed by atoms with Gasteiger partial charge in [-0.2, -0.15) is 0 Å². The van der Waals surface area contributed by atoms with Crippen molar-refractivity contribution in [2.45, 2.75) is 24.4 Å². The zero-order valence-electron chi connectivity index (χ0n) is 14.4. The Hall–Kier alpha value is -2.71. The number of aromatic nitrogens is 6. The molecule has 0 aliphatic rings. The van der Waals surface area contributed by atoms with Gasteiger partial charge in [0.1, 0.15) is 0 Å². The summed E-state index contributed by atoms with van der Waals surface area (Å²) < 4.78 is 7.78. The molecule has 0 radical (unpaired) electrons. The summed E-state index contributed by atoms with van der Waals surface area (Å²) in [5.74, 6) is 2.29. The van der Waals surface area contributed by atoms with Crippen molar-refractivity contribution < 1.29 is 4.42 Å². The Balaban J connectivity index is 1.50. The van der Waals surface area contributed by atoms with Crippen LogP contribution in [0.2, 0.25) is 5.02 Å². The van der Waals surface area contributed by atoms with E-state index in [0.29, 0.717) is 22.6 Å². The summed E-state index contributed by atoms with van der Waals surface area (Å²) in [4.78, 5) is 4.15. The Morgan fingerprint density at radius 2 is 1.89 bits per heavy atom. The monoisotopic (exact) mass is 398 g/mol. The molecule has 0 spiro atoms. The van der Waals surface area contributed by atoms with Gasteiger partial charge in [0.15, 0.2) is 11.0 Å². The molecule has 1 aromatic carbocycles. The Morgan fingerprint density at radius 3 is 2.63 bits per heavy atom. The molecule has 0 aliphatic heterocycles. The van der Waals surface area contributed by atoms with Crippen molar-refractivity contribution in [2.75, 3.05) is 0 Å². The van der Waals surface area contributed by atoms with Gasteiger partial charge in [-0.25, -0.2) is 0 Å². The van der Waals surface area contributed by atoms with E-state index in [1.54, 1.807) is 24.5 Å². The van der Waals surface area contributed by atoms with Crippen molar-refractivity contribution in [1.29, 1.82) is 0 Å². The van der Waals surface area contributed by atoms with E-state index in [1.807, 2.05) is 28.8 Å². The van der Waals surface area contributed by atoms with Gasteiger partial charge in [0.25, 0.3) is 0 Å². The molecule has 0 aliphatic carbocycles. The van der Waals surface area contributed by atoms with Gasteiger partial charge in [0.05, 0.1) is 5.75 Å². The van der Waals surface area contributed by atoms with Crippen LogP contribution >= 0.6 is 23.4 Å². The molecule has 0 saturated carbocycles. The average Bonchev–Trinajstić information content (AvgIpc) is 3.34. The summed E-state index contributed by atoms with van der Waals surface area (Å²) >= 11 is 7.41. The lowest BCUT2D eigenvalue weighted by Crippen LogP contribution is -2.00. The maximum atomic E-state index is 5.91. The van der Waals surface area contributed by atoms with E-state index in [-0.39, 0.29) is 0 Å². The van der Waals surface area contributed by atoms with Crippen LogP contribution in [0.3, 0.4) is 0 Å². The molecule has 27 heavy (non-hydrogen) atoms. The third-order valence-electron chi connectivity index (χ3n) is 3.84. The fourth-order valence-corrected chi connectivity index (χ4v) is 3.50. The first-order valence-electron chi connectivity index (χ1n) is 8.29. The van der Waals surface area contributed by atoms with Gasteiger partial charge in [-0.15, -0.1) is 20.4 Å². The van der Waals surface area contributed by atoms with Crippen LogP contribution in [-0.4, -0.2) is 29.9 Å². The second-order valence-electron chi connectivity index (χ2n) is 5.59. The molecule has 4 aromatic rings. The van der Waals surface area contributed by atoms with Crippen LogP contribution in [0.1, 0.15) is 12.8 Å². The van der Waals surface area contributed by atoms with Crippen LogP contribution in [0, 0.1) is 0 Å². The van der Waals surface area contributed by atoms with Crippen LogP contribution in [-0.2, 0) is 12.3 Å². The highest BCUT2D eigenvalue weighted by atomic mass is 35.5. The molecule has 7 nitrogen and oxygen atoms in total. The molecule has 4 rings (SSSR count). The second kappa shape index (κ2) is 7.89. The average molecular weight is 399 g/mol. The highest BCUT2D eigenvalue weighted by Gasteiger charge is 2.15. The van der Waals surface area contributed by atoms with Crippen molar-refractivity contribution in [3.05, 3.63) is 59.7 Å². The normalized spacial score (nSPS) is 11.0. The van der Waals surface area contributed by atoms with Gasteiger partial charge in [-0.3, -0.25) is 4.98 Å². The van der Waals surface area contributed by atoms with Crippen LogP contribution in [0.25, 0.3) is 22.8 Å². The number of pyridine rings is 1. The van der Waals surface area contributed by atoms with Gasteiger partial charge < -0.3 is 8.98 Å². The number of halogens is 1. The molecule has 0 fully saturated rings. The lowest BCUT2D eigenvalue weighted by Gasteiger charge is -2.06. The summed E-state index contributed by atoms with van der Waals surface area (Å²) in [6.07, 6.45) is 3.51. The van der Waals surface area contributed by atoms with Gasteiger partial charge in [-0.05, 0) is 43.3 Å². The summed E-state index contributed by atoms with van der Waals surface area (Å²) in [5, 5.41) is 18.3. The minimum Gasteiger partial charge on any atom is -0.420 e. The molecule has 0 N–H and O–H groups in total. The molecule has 136 valence electrons. The Kier molecular flexibility index (Phi) is 5.17. The van der Waals surface area contributed by atoms with E-state index in [0.717, 1.165) is 28.7 Å². The lowest BCUT2D eigenvalue weighted by molar-refractivity contribution is 0.528. The smallest absolute Gasteiger partial charge is 0.247 e. The fraction of sp³-hybridized carbons (Fsp3) is 0.167. The third-order valence-corrected chi connectivity index (χ3v) is 5.04. The number of nitrogens with zero attached hydrogens (tertiary/aromatic N) is 6. The standard InChI is InChI=1S/C18H15ClN6OS/c1-2-25-16(13-4-3-9-20-10-13)22-24-18(25)27-11-15-21-23-17(26-15)12-5-7-14(19)8-6-12/h3-10H,2,11H2,1H3. The Bertz CT molecular complexity index is 1030. The SMILES string of the molecule is CCn1c(SCc2nnc(-c3ccc(Cl)cc3)o2)nnc1-c1cccnc1. The summed E-state index contributed by atoms with van der Waals surface area (Å²) in [5.41, 5.74) is 1.76. The second-order valence-corrected chi connectivity index (χ2v) is 6.97. The molecule has 0 unspecified atom stereocenters. The third kappa shape index (κ3) is 3.86. The molecule has 0 bridgehead atoms. The summed E-state index contributed by atoms with van der Waals surface area (Å²) in [7, 11) is 0. The van der Waals surface area contributed by atoms with E-state index in [1.165, 1.54) is 11.8 Å². The van der Waals surface area contributed by atoms with Crippen LogP contribution in [0.15, 0.2) is 58.4 Å². The van der Waals surface area contributed by atoms with Crippen molar-refractivity contribution in [3.8, 4) is 22.8 Å². The van der Waals surface area contributed by atoms with Crippen molar-refractivity contribution in [2.24, 2.45) is 0 Å². The van der Waals surface area contributed by atoms with Gasteiger partial charge in [0, 0.05) is 35.1 Å². The highest BCUT2D eigenvalue weighted by molar-refractivity contribution is 7.98. The summed E-state index contributed by atoms with van der Waals surface area (Å²) in [6.45, 7) is 2.80. The number of hydrogen-bond acceptors (Lipinski definition) is 7. The van der Waals surface area contributed by atoms with Crippen LogP contribution in [0.5, 0.6) is 0 Å². The number of hydrogen-bond donors (Lipinski definition) is 0. The first-order valence-corrected chi connectivity index (χ1v) is 9.65. The predicted molar refractivity (Wildman–Crippen MR) is 103 cm³/mol. The molecule has 9 heteroatoms. The lowest BCUT2D eigenvalue weighted by atomic mass is 10.2. The van der Waals surface area contributed by atoms with E-state index in [2.05, 4.69) is 32.3 Å². The topological polar surface area (TPSA) is 82.5 Å². The van der Waals surface area contributed by atoms with Crippen LogP contribution in [0.4, 0.5) is 0 Å². The number of rotatable bonds is 6. The van der Waals surface area contributed by atoms with Gasteiger partial charge in [0.2, 0.25) is 11.8 Å². The molecule has 0 atom stereocenters. The van der Waals surface area contributed by atoms with Crippen molar-refractivity contribution in [3.63, 3.8) is 0 Å². The van der Waals surface area contributed by atoms with Crippen molar-refractivity contribution >= 4 is 23.4 Å².